The van der Waals surface area contributed by atoms with Gasteiger partial charge in [-0.15, -0.1) is 11.6 Å². The summed E-state index contributed by atoms with van der Waals surface area (Å²) in [5.41, 5.74) is 0.271. The molecule has 0 aliphatic heterocycles. The highest BCUT2D eigenvalue weighted by molar-refractivity contribution is 6.18. The minimum Gasteiger partial charge on any atom is -0.492 e. The minimum absolute atomic E-state index is 0.0493. The molecule has 0 saturated heterocycles. The molecule has 1 atom stereocenters. The molecule has 0 spiro atoms. The Morgan fingerprint density at radius 1 is 1.19 bits per heavy atom. The van der Waals surface area contributed by atoms with Crippen LogP contribution in [0.25, 0.3) is 0 Å². The summed E-state index contributed by atoms with van der Waals surface area (Å²) in [4.78, 5) is 1.96. The van der Waals surface area contributed by atoms with Gasteiger partial charge in [0.25, 0.3) is 0 Å². The van der Waals surface area contributed by atoms with E-state index in [2.05, 4.69) is 0 Å². The second-order valence-electron chi connectivity index (χ2n) is 4.74. The molecule has 0 N–H and O–H groups in total. The van der Waals surface area contributed by atoms with E-state index in [4.69, 9.17) is 23.2 Å². The van der Waals surface area contributed by atoms with Gasteiger partial charge in [-0.25, -0.2) is 0 Å². The maximum absolute atomic E-state index is 8.07. The van der Waals surface area contributed by atoms with Crippen LogP contribution in [0.3, 0.4) is 0 Å². The van der Waals surface area contributed by atoms with E-state index >= 15 is 0 Å². The topological polar surface area (TPSA) is 12.5 Å². The van der Waals surface area contributed by atoms with Gasteiger partial charge in [0.15, 0.2) is 0 Å². The maximum Gasteiger partial charge on any atom is 0.119 e. The van der Waals surface area contributed by atoms with Crippen LogP contribution >= 0.6 is 11.6 Å². The van der Waals surface area contributed by atoms with E-state index < -0.39 is 0 Å². The second kappa shape index (κ2) is 8.71. The lowest BCUT2D eigenvalue weighted by Crippen LogP contribution is -2.38. The van der Waals surface area contributed by atoms with Crippen molar-refractivity contribution < 1.29 is 11.6 Å². The van der Waals surface area contributed by atoms with Crippen molar-refractivity contribution in [3.05, 3.63) is 66.1 Å². The monoisotopic (exact) mass is 308 g/mol. The van der Waals surface area contributed by atoms with Crippen LogP contribution in [0.4, 0.5) is 0 Å². The Morgan fingerprint density at radius 3 is 2.57 bits per heavy atom. The number of halogens is 1. The Hall–Kier alpha value is -1.51. The van der Waals surface area contributed by atoms with E-state index in [1.807, 2.05) is 42.2 Å². The van der Waals surface area contributed by atoms with Crippen LogP contribution in [0.15, 0.2) is 60.5 Å². The number of ether oxygens (including phenoxy) is 1. The molecule has 0 aliphatic rings. The first-order valence-electron chi connectivity index (χ1n) is 9.40. The summed E-state index contributed by atoms with van der Waals surface area (Å²) in [7, 11) is 0. The van der Waals surface area contributed by atoms with Gasteiger partial charge in [0.2, 0.25) is 0 Å². The van der Waals surface area contributed by atoms with Crippen molar-refractivity contribution in [2.75, 3.05) is 19.0 Å². The van der Waals surface area contributed by atoms with E-state index in [9.17, 15) is 0 Å². The average molecular weight is 309 g/mol. The molecular weight excluding hydrogens is 282 g/mol. The van der Waals surface area contributed by atoms with Gasteiger partial charge in [-0.05, 0) is 24.6 Å². The fourth-order valence-corrected chi connectivity index (χ4v) is 2.18. The molecule has 0 bridgehead atoms. The lowest BCUT2D eigenvalue weighted by molar-refractivity contribution is 0.146. The Labute approximate surface area is 139 Å². The summed E-state index contributed by atoms with van der Waals surface area (Å²) in [6.07, 6.45) is 0. The van der Waals surface area contributed by atoms with Gasteiger partial charge < -0.3 is 4.74 Å². The first kappa shape index (κ1) is 10.3. The first-order valence-corrected chi connectivity index (χ1v) is 7.44. The third-order valence-electron chi connectivity index (χ3n) is 3.14. The highest BCUT2D eigenvalue weighted by Crippen LogP contribution is 2.12. The first-order chi connectivity index (χ1) is 12.4. The molecule has 0 fully saturated rings. The van der Waals surface area contributed by atoms with Crippen molar-refractivity contribution in [1.29, 1.82) is 0 Å². The van der Waals surface area contributed by atoms with Crippen LogP contribution in [0.1, 0.15) is 19.3 Å². The van der Waals surface area contributed by atoms with Crippen LogP contribution in [0.2, 0.25) is 0 Å². The Bertz CT molecular complexity index is 715. The fraction of sp³-hybridized carbons (Fsp3) is 0.333. The molecule has 0 aliphatic carbocycles. The van der Waals surface area contributed by atoms with Crippen molar-refractivity contribution in [3.63, 3.8) is 0 Å². The Kier molecular flexibility index (Phi) is 4.25. The van der Waals surface area contributed by atoms with E-state index in [1.165, 1.54) is 0 Å². The van der Waals surface area contributed by atoms with Crippen molar-refractivity contribution in [1.82, 2.24) is 4.90 Å². The largest absolute Gasteiger partial charge is 0.492 e. The smallest absolute Gasteiger partial charge is 0.119 e. The highest BCUT2D eigenvalue weighted by atomic mass is 35.5. The van der Waals surface area contributed by atoms with Gasteiger partial charge in [-0.2, -0.15) is 0 Å². The molecular formula is C18H22ClNO. The van der Waals surface area contributed by atoms with E-state index in [0.717, 1.165) is 5.75 Å². The van der Waals surface area contributed by atoms with Crippen molar-refractivity contribution in [3.8, 4) is 5.75 Å². The summed E-state index contributed by atoms with van der Waals surface area (Å²) in [6, 6.07) is 8.02. The Morgan fingerprint density at radius 2 is 1.90 bits per heavy atom. The standard InChI is InChI=1S/C18H22ClNO/c1-16(15-21-18-10-6-3-7-11-18)20(13-12-19)14-17-8-4-2-5-9-17/h2-11,16H,12-15H2,1H3/i2D,4D,5D,8D,9D. The third kappa shape index (κ3) is 5.41. The SMILES string of the molecule is [2H]c1c([2H])c([2H])c(CN(CCCl)C(C)COc2ccccc2)c([2H])c1[2H]. The molecule has 2 rings (SSSR count). The van der Waals surface area contributed by atoms with Crippen molar-refractivity contribution in [2.24, 2.45) is 0 Å². The molecule has 2 nitrogen and oxygen atoms in total. The lowest BCUT2D eigenvalue weighted by atomic mass is 10.2. The summed E-state index contributed by atoms with van der Waals surface area (Å²) >= 11 is 5.91. The molecule has 112 valence electrons. The fourth-order valence-electron chi connectivity index (χ4n) is 1.96. The molecule has 0 amide bonds. The molecule has 2 aromatic carbocycles. The van der Waals surface area contributed by atoms with Gasteiger partial charge in [-0.3, -0.25) is 4.90 Å². The molecule has 21 heavy (non-hydrogen) atoms. The van der Waals surface area contributed by atoms with Crippen LogP contribution in [0, 0.1) is 0 Å². The van der Waals surface area contributed by atoms with Crippen molar-refractivity contribution >= 4 is 11.6 Å². The van der Waals surface area contributed by atoms with Gasteiger partial charge in [0.05, 0.1) is 6.85 Å². The Balaban J connectivity index is 2.17. The van der Waals surface area contributed by atoms with Crippen LogP contribution in [0.5, 0.6) is 5.75 Å². The molecule has 0 radical (unpaired) electrons. The van der Waals surface area contributed by atoms with Gasteiger partial charge in [0.1, 0.15) is 12.4 Å². The van der Waals surface area contributed by atoms with Crippen LogP contribution < -0.4 is 4.74 Å². The minimum atomic E-state index is -0.381. The van der Waals surface area contributed by atoms with Gasteiger partial charge in [-0.1, -0.05) is 48.4 Å². The predicted octanol–water partition coefficient (Wildman–Crippen LogP) is 4.19. The zero-order valence-corrected chi connectivity index (χ0v) is 12.8. The zero-order chi connectivity index (χ0) is 19.3. The molecule has 0 heterocycles. The van der Waals surface area contributed by atoms with E-state index in [0.29, 0.717) is 19.0 Å². The summed E-state index contributed by atoms with van der Waals surface area (Å²) in [6.45, 7) is 3.09. The summed E-state index contributed by atoms with van der Waals surface area (Å²) in [5, 5.41) is 0. The number of hydrogen-bond donors (Lipinski definition) is 0. The number of benzene rings is 2. The lowest BCUT2D eigenvalue weighted by Gasteiger charge is -2.28. The van der Waals surface area contributed by atoms with Gasteiger partial charge in [0, 0.05) is 25.0 Å². The van der Waals surface area contributed by atoms with Crippen LogP contribution in [-0.2, 0) is 6.54 Å². The van der Waals surface area contributed by atoms with Crippen molar-refractivity contribution in [2.45, 2.75) is 19.5 Å². The number of nitrogens with zero attached hydrogens (tertiary/aromatic N) is 1. The zero-order valence-electron chi connectivity index (χ0n) is 17.0. The second-order valence-corrected chi connectivity index (χ2v) is 5.11. The number of para-hydroxylation sites is 1. The number of rotatable bonds is 8. The maximum atomic E-state index is 8.07. The molecule has 2 aromatic rings. The summed E-state index contributed by atoms with van der Waals surface area (Å²) in [5.74, 6) is 1.13. The van der Waals surface area contributed by atoms with Gasteiger partial charge >= 0.3 is 0 Å². The normalized spacial score (nSPS) is 15.7. The summed E-state index contributed by atoms with van der Waals surface area (Å²) < 4.78 is 45.2. The predicted molar refractivity (Wildman–Crippen MR) is 89.0 cm³/mol. The van der Waals surface area contributed by atoms with E-state index in [1.54, 1.807) is 0 Å². The molecule has 0 aromatic heterocycles. The van der Waals surface area contributed by atoms with Crippen LogP contribution in [-0.4, -0.2) is 30.0 Å². The molecule has 3 heteroatoms. The highest BCUT2D eigenvalue weighted by Gasteiger charge is 2.14. The quantitative estimate of drug-likeness (QED) is 0.678. The molecule has 0 saturated carbocycles. The third-order valence-corrected chi connectivity index (χ3v) is 3.31. The number of hydrogen-bond acceptors (Lipinski definition) is 2. The average Bonchev–Trinajstić information content (AvgIpc) is 2.66. The number of alkyl halides is 1. The molecule has 1 unspecified atom stereocenters. The van der Waals surface area contributed by atoms with E-state index in [-0.39, 0.29) is 48.4 Å².